The van der Waals surface area contributed by atoms with Crippen molar-refractivity contribution in [2.45, 2.75) is 26.7 Å². The molecule has 0 saturated carbocycles. The summed E-state index contributed by atoms with van der Waals surface area (Å²) < 4.78 is 1.00. The normalized spacial score (nSPS) is 10.9. The van der Waals surface area contributed by atoms with Crippen molar-refractivity contribution in [3.05, 3.63) is 40.4 Å². The van der Waals surface area contributed by atoms with E-state index in [0.29, 0.717) is 5.92 Å². The van der Waals surface area contributed by atoms with E-state index in [1.54, 1.807) is 0 Å². The van der Waals surface area contributed by atoms with Crippen LogP contribution in [0.2, 0.25) is 0 Å². The van der Waals surface area contributed by atoms with Crippen LogP contribution in [0.3, 0.4) is 0 Å². The van der Waals surface area contributed by atoms with Crippen LogP contribution in [0, 0.1) is 6.92 Å². The molecule has 0 aliphatic heterocycles. The maximum Gasteiger partial charge on any atom is 0.164 e. The summed E-state index contributed by atoms with van der Waals surface area (Å²) in [5, 5.41) is 0. The number of halogens is 1. The molecule has 0 spiro atoms. The van der Waals surface area contributed by atoms with Crippen LogP contribution in [0.15, 0.2) is 28.7 Å². The average Bonchev–Trinajstić information content (AvgIpc) is 2.28. The van der Waals surface area contributed by atoms with Gasteiger partial charge in [-0.1, -0.05) is 48.0 Å². The molecule has 4 heteroatoms. The van der Waals surface area contributed by atoms with Crippen LogP contribution < -0.4 is 0 Å². The smallest absolute Gasteiger partial charge is 0.164 e. The van der Waals surface area contributed by atoms with Gasteiger partial charge in [-0.2, -0.15) is 0 Å². The zero-order chi connectivity index (χ0) is 12.4. The molecule has 0 amide bonds. The molecule has 1 heterocycles. The second-order valence-electron chi connectivity index (χ2n) is 4.20. The SMILES string of the molecule is Cc1nc(-c2ccccc2Br)nc(C(C)C)n1. The van der Waals surface area contributed by atoms with Crippen LogP contribution in [0.5, 0.6) is 0 Å². The van der Waals surface area contributed by atoms with E-state index >= 15 is 0 Å². The van der Waals surface area contributed by atoms with Gasteiger partial charge >= 0.3 is 0 Å². The van der Waals surface area contributed by atoms with Gasteiger partial charge in [0.15, 0.2) is 5.82 Å². The van der Waals surface area contributed by atoms with E-state index in [9.17, 15) is 0 Å². The summed E-state index contributed by atoms with van der Waals surface area (Å²) in [6, 6.07) is 7.95. The number of hydrogen-bond donors (Lipinski definition) is 0. The molecule has 0 aliphatic carbocycles. The molecule has 0 fully saturated rings. The molecular formula is C13H14BrN3. The maximum absolute atomic E-state index is 4.51. The number of rotatable bonds is 2. The Kier molecular flexibility index (Phi) is 3.52. The Labute approximate surface area is 109 Å². The van der Waals surface area contributed by atoms with Crippen molar-refractivity contribution in [2.24, 2.45) is 0 Å². The van der Waals surface area contributed by atoms with E-state index < -0.39 is 0 Å². The van der Waals surface area contributed by atoms with Gasteiger partial charge in [0.05, 0.1) is 0 Å². The van der Waals surface area contributed by atoms with E-state index in [1.807, 2.05) is 31.2 Å². The summed E-state index contributed by atoms with van der Waals surface area (Å²) in [5.74, 6) is 2.63. The first-order chi connectivity index (χ1) is 8.08. The molecule has 0 atom stereocenters. The van der Waals surface area contributed by atoms with Gasteiger partial charge in [-0.05, 0) is 13.0 Å². The molecule has 17 heavy (non-hydrogen) atoms. The number of nitrogens with zero attached hydrogens (tertiary/aromatic N) is 3. The highest BCUT2D eigenvalue weighted by Crippen LogP contribution is 2.25. The number of aromatic nitrogens is 3. The molecule has 0 bridgehead atoms. The highest BCUT2D eigenvalue weighted by molar-refractivity contribution is 9.10. The van der Waals surface area contributed by atoms with E-state index in [0.717, 1.165) is 27.5 Å². The minimum atomic E-state index is 0.304. The first kappa shape index (κ1) is 12.2. The van der Waals surface area contributed by atoms with Crippen LogP contribution in [-0.4, -0.2) is 15.0 Å². The predicted molar refractivity (Wildman–Crippen MR) is 71.8 cm³/mol. The van der Waals surface area contributed by atoms with Crippen molar-refractivity contribution in [3.63, 3.8) is 0 Å². The highest BCUT2D eigenvalue weighted by Gasteiger charge is 2.10. The summed E-state index contributed by atoms with van der Waals surface area (Å²) in [4.78, 5) is 13.3. The van der Waals surface area contributed by atoms with Crippen LogP contribution >= 0.6 is 15.9 Å². The fraction of sp³-hybridized carbons (Fsp3) is 0.308. The lowest BCUT2D eigenvalue weighted by Crippen LogP contribution is -2.04. The van der Waals surface area contributed by atoms with Crippen molar-refractivity contribution < 1.29 is 0 Å². The van der Waals surface area contributed by atoms with Crippen molar-refractivity contribution >= 4 is 15.9 Å². The average molecular weight is 292 g/mol. The Morgan fingerprint density at radius 2 is 1.76 bits per heavy atom. The third-order valence-electron chi connectivity index (χ3n) is 2.40. The van der Waals surface area contributed by atoms with Crippen molar-refractivity contribution in [2.75, 3.05) is 0 Å². The third kappa shape index (κ3) is 2.69. The Hall–Kier alpha value is -1.29. The molecule has 1 aromatic heterocycles. The van der Waals surface area contributed by atoms with Crippen molar-refractivity contribution in [3.8, 4) is 11.4 Å². The highest BCUT2D eigenvalue weighted by atomic mass is 79.9. The van der Waals surface area contributed by atoms with Gasteiger partial charge in [-0.15, -0.1) is 0 Å². The molecule has 3 nitrogen and oxygen atoms in total. The Morgan fingerprint density at radius 3 is 2.41 bits per heavy atom. The van der Waals surface area contributed by atoms with Crippen molar-refractivity contribution in [1.29, 1.82) is 0 Å². The molecule has 0 aliphatic rings. The minimum absolute atomic E-state index is 0.304. The molecule has 0 N–H and O–H groups in total. The van der Waals surface area contributed by atoms with Crippen LogP contribution in [0.4, 0.5) is 0 Å². The molecule has 88 valence electrons. The van der Waals surface area contributed by atoms with E-state index in [2.05, 4.69) is 44.7 Å². The summed E-state index contributed by atoms with van der Waals surface area (Å²) in [5.41, 5.74) is 1.000. The quantitative estimate of drug-likeness (QED) is 0.846. The van der Waals surface area contributed by atoms with Gasteiger partial charge in [0.1, 0.15) is 11.6 Å². The topological polar surface area (TPSA) is 38.7 Å². The Morgan fingerprint density at radius 1 is 1.06 bits per heavy atom. The standard InChI is InChI=1S/C13H14BrN3/c1-8(2)12-15-9(3)16-13(17-12)10-6-4-5-7-11(10)14/h4-8H,1-3H3. The van der Waals surface area contributed by atoms with E-state index in [1.165, 1.54) is 0 Å². The fourth-order valence-electron chi connectivity index (χ4n) is 1.52. The number of aryl methyl sites for hydroxylation is 1. The molecule has 2 rings (SSSR count). The lowest BCUT2D eigenvalue weighted by molar-refractivity contribution is 0.750. The van der Waals surface area contributed by atoms with Gasteiger partial charge in [-0.25, -0.2) is 15.0 Å². The first-order valence-electron chi connectivity index (χ1n) is 5.55. The van der Waals surface area contributed by atoms with E-state index in [-0.39, 0.29) is 0 Å². The molecular weight excluding hydrogens is 278 g/mol. The second kappa shape index (κ2) is 4.92. The summed E-state index contributed by atoms with van der Waals surface area (Å²) in [6.07, 6.45) is 0. The zero-order valence-corrected chi connectivity index (χ0v) is 11.7. The van der Waals surface area contributed by atoms with E-state index in [4.69, 9.17) is 0 Å². The van der Waals surface area contributed by atoms with Crippen LogP contribution in [-0.2, 0) is 0 Å². The maximum atomic E-state index is 4.51. The molecule has 0 saturated heterocycles. The molecule has 0 radical (unpaired) electrons. The fourth-order valence-corrected chi connectivity index (χ4v) is 1.99. The lowest BCUT2D eigenvalue weighted by Gasteiger charge is -2.08. The molecule has 2 aromatic rings. The Balaban J connectivity index is 2.56. The third-order valence-corrected chi connectivity index (χ3v) is 3.09. The summed E-state index contributed by atoms with van der Waals surface area (Å²) in [6.45, 7) is 6.06. The Bertz CT molecular complexity index is 538. The van der Waals surface area contributed by atoms with Gasteiger partial charge in [0, 0.05) is 16.0 Å². The first-order valence-corrected chi connectivity index (χ1v) is 6.34. The minimum Gasteiger partial charge on any atom is -0.218 e. The molecule has 0 unspecified atom stereocenters. The predicted octanol–water partition coefficient (Wildman–Crippen LogP) is 3.73. The van der Waals surface area contributed by atoms with Gasteiger partial charge in [-0.3, -0.25) is 0 Å². The van der Waals surface area contributed by atoms with Gasteiger partial charge in [0.2, 0.25) is 0 Å². The van der Waals surface area contributed by atoms with Crippen LogP contribution in [0.1, 0.15) is 31.4 Å². The lowest BCUT2D eigenvalue weighted by atomic mass is 10.2. The second-order valence-corrected chi connectivity index (χ2v) is 5.05. The number of hydrogen-bond acceptors (Lipinski definition) is 3. The van der Waals surface area contributed by atoms with Crippen molar-refractivity contribution in [1.82, 2.24) is 15.0 Å². The van der Waals surface area contributed by atoms with Gasteiger partial charge in [0.25, 0.3) is 0 Å². The summed E-state index contributed by atoms with van der Waals surface area (Å²) >= 11 is 3.52. The number of benzene rings is 1. The van der Waals surface area contributed by atoms with Gasteiger partial charge < -0.3 is 0 Å². The largest absolute Gasteiger partial charge is 0.218 e. The van der Waals surface area contributed by atoms with Crippen LogP contribution in [0.25, 0.3) is 11.4 Å². The zero-order valence-electron chi connectivity index (χ0n) is 10.1. The summed E-state index contributed by atoms with van der Waals surface area (Å²) in [7, 11) is 0. The molecule has 1 aromatic carbocycles. The monoisotopic (exact) mass is 291 g/mol.